The van der Waals surface area contributed by atoms with E-state index in [1.807, 2.05) is 31.2 Å². The van der Waals surface area contributed by atoms with Crippen LogP contribution in [0.15, 0.2) is 65.7 Å². The molecular weight excluding hydrogens is 418 g/mol. The minimum Gasteiger partial charge on any atom is -0.380 e. The van der Waals surface area contributed by atoms with Gasteiger partial charge in [0.2, 0.25) is 0 Å². The van der Waals surface area contributed by atoms with E-state index in [0.717, 1.165) is 23.3 Å². The molecule has 2 heterocycles. The highest BCUT2D eigenvalue weighted by Crippen LogP contribution is 2.32. The van der Waals surface area contributed by atoms with Crippen molar-refractivity contribution in [1.29, 1.82) is 0 Å². The van der Waals surface area contributed by atoms with Crippen LogP contribution in [0.4, 0.5) is 8.78 Å². The lowest BCUT2D eigenvalue weighted by molar-refractivity contribution is -0.126. The third-order valence-electron chi connectivity index (χ3n) is 5.40. The lowest BCUT2D eigenvalue weighted by atomic mass is 9.88. The maximum Gasteiger partial charge on any atom is 0.163 e. The number of rotatable bonds is 8. The zero-order chi connectivity index (χ0) is 22.7. The molecule has 2 aromatic heterocycles. The fraction of sp³-hybridized carbons (Fsp3) is 0.261. The summed E-state index contributed by atoms with van der Waals surface area (Å²) in [5.74, 6) is -1.18. The third kappa shape index (κ3) is 4.44. The van der Waals surface area contributed by atoms with Crippen LogP contribution in [0, 0.1) is 18.6 Å². The fourth-order valence-corrected chi connectivity index (χ4v) is 3.55. The summed E-state index contributed by atoms with van der Waals surface area (Å²) in [6.07, 6.45) is 1.78. The Labute approximate surface area is 183 Å². The van der Waals surface area contributed by atoms with Gasteiger partial charge >= 0.3 is 0 Å². The molecule has 4 aromatic rings. The molecule has 1 N–H and O–H groups in total. The number of ether oxygens (including phenoxy) is 1. The Kier molecular flexibility index (Phi) is 6.11. The van der Waals surface area contributed by atoms with Crippen molar-refractivity contribution in [3.63, 3.8) is 0 Å². The van der Waals surface area contributed by atoms with Gasteiger partial charge in [-0.15, -0.1) is 0 Å². The SMILES string of the molecule is Cc1ccccc1-c1cc(CO[C@H](C)C(O)(Cn2cncn2)c2ccc(F)cc2F)on1. The first kappa shape index (κ1) is 21.8. The van der Waals surface area contributed by atoms with Gasteiger partial charge in [-0.1, -0.05) is 35.5 Å². The van der Waals surface area contributed by atoms with E-state index in [0.29, 0.717) is 11.5 Å². The second kappa shape index (κ2) is 8.97. The maximum atomic E-state index is 14.6. The second-order valence-electron chi connectivity index (χ2n) is 7.59. The van der Waals surface area contributed by atoms with Crippen molar-refractivity contribution in [3.05, 3.63) is 89.7 Å². The first-order chi connectivity index (χ1) is 15.4. The number of nitrogens with zero attached hydrogens (tertiary/aromatic N) is 4. The summed E-state index contributed by atoms with van der Waals surface area (Å²) in [7, 11) is 0. The van der Waals surface area contributed by atoms with Crippen LogP contribution in [0.3, 0.4) is 0 Å². The van der Waals surface area contributed by atoms with Gasteiger partial charge in [0.05, 0.1) is 12.6 Å². The molecule has 166 valence electrons. The Morgan fingerprint density at radius 1 is 1.19 bits per heavy atom. The Morgan fingerprint density at radius 2 is 2.00 bits per heavy atom. The summed E-state index contributed by atoms with van der Waals surface area (Å²) in [6.45, 7) is 3.41. The van der Waals surface area contributed by atoms with Crippen molar-refractivity contribution >= 4 is 0 Å². The quantitative estimate of drug-likeness (QED) is 0.446. The van der Waals surface area contributed by atoms with E-state index in [9.17, 15) is 13.9 Å². The Balaban J connectivity index is 1.55. The van der Waals surface area contributed by atoms with Gasteiger partial charge in [0, 0.05) is 23.3 Å². The molecule has 7 nitrogen and oxygen atoms in total. The molecule has 0 aliphatic rings. The molecule has 4 rings (SSSR count). The van der Waals surface area contributed by atoms with Gasteiger partial charge in [0.1, 0.15) is 42.2 Å². The van der Waals surface area contributed by atoms with Crippen molar-refractivity contribution in [1.82, 2.24) is 19.9 Å². The molecule has 0 saturated heterocycles. The highest BCUT2D eigenvalue weighted by Gasteiger charge is 2.40. The smallest absolute Gasteiger partial charge is 0.163 e. The van der Waals surface area contributed by atoms with Gasteiger partial charge in [0.25, 0.3) is 0 Å². The molecule has 0 aliphatic heterocycles. The van der Waals surface area contributed by atoms with Crippen LogP contribution in [-0.2, 0) is 23.5 Å². The third-order valence-corrected chi connectivity index (χ3v) is 5.40. The number of aromatic nitrogens is 4. The molecule has 0 aliphatic carbocycles. The summed E-state index contributed by atoms with van der Waals surface area (Å²) in [6, 6.07) is 12.5. The number of aliphatic hydroxyl groups is 1. The Bertz CT molecular complexity index is 1200. The Morgan fingerprint density at radius 3 is 2.72 bits per heavy atom. The average molecular weight is 440 g/mol. The van der Waals surface area contributed by atoms with Gasteiger partial charge < -0.3 is 14.4 Å². The molecule has 0 bridgehead atoms. The predicted octanol–water partition coefficient (Wildman–Crippen LogP) is 4.01. The molecule has 0 amide bonds. The van der Waals surface area contributed by atoms with Crippen LogP contribution in [0.2, 0.25) is 0 Å². The van der Waals surface area contributed by atoms with E-state index in [1.54, 1.807) is 13.0 Å². The van der Waals surface area contributed by atoms with Gasteiger partial charge in [0.15, 0.2) is 5.76 Å². The van der Waals surface area contributed by atoms with E-state index in [2.05, 4.69) is 15.2 Å². The summed E-state index contributed by atoms with van der Waals surface area (Å²) in [4.78, 5) is 3.85. The van der Waals surface area contributed by atoms with Crippen LogP contribution in [-0.4, -0.2) is 31.1 Å². The van der Waals surface area contributed by atoms with Crippen molar-refractivity contribution in [3.8, 4) is 11.3 Å². The van der Waals surface area contributed by atoms with Gasteiger partial charge in [-0.3, -0.25) is 0 Å². The number of halogens is 2. The van der Waals surface area contributed by atoms with Crippen molar-refractivity contribution in [2.24, 2.45) is 0 Å². The van der Waals surface area contributed by atoms with E-state index in [1.165, 1.54) is 23.4 Å². The van der Waals surface area contributed by atoms with Crippen LogP contribution < -0.4 is 0 Å². The van der Waals surface area contributed by atoms with Crippen LogP contribution in [0.5, 0.6) is 0 Å². The maximum absolute atomic E-state index is 14.6. The normalized spacial score (nSPS) is 14.3. The molecule has 0 radical (unpaired) electrons. The molecular formula is C23H22F2N4O3. The van der Waals surface area contributed by atoms with Crippen LogP contribution in [0.25, 0.3) is 11.3 Å². The van der Waals surface area contributed by atoms with Crippen LogP contribution in [0.1, 0.15) is 23.8 Å². The summed E-state index contributed by atoms with van der Waals surface area (Å²) < 4.78 is 40.6. The zero-order valence-electron chi connectivity index (χ0n) is 17.6. The number of aryl methyl sites for hydroxylation is 1. The fourth-order valence-electron chi connectivity index (χ4n) is 3.55. The van der Waals surface area contributed by atoms with Gasteiger partial charge in [-0.2, -0.15) is 5.10 Å². The van der Waals surface area contributed by atoms with E-state index < -0.39 is 23.3 Å². The largest absolute Gasteiger partial charge is 0.380 e. The summed E-state index contributed by atoms with van der Waals surface area (Å²) >= 11 is 0. The number of hydrogen-bond acceptors (Lipinski definition) is 6. The summed E-state index contributed by atoms with van der Waals surface area (Å²) in [5, 5.41) is 19.5. The van der Waals surface area contributed by atoms with Crippen molar-refractivity contribution < 1.29 is 23.1 Å². The molecule has 0 fully saturated rings. The average Bonchev–Trinajstić information content (AvgIpc) is 3.44. The van der Waals surface area contributed by atoms with Gasteiger partial charge in [-0.05, 0) is 25.5 Å². The molecule has 2 atom stereocenters. The highest BCUT2D eigenvalue weighted by atomic mass is 19.1. The number of hydrogen-bond donors (Lipinski definition) is 1. The standard InChI is InChI=1S/C23H22F2N4O3/c1-15-5-3-4-6-19(15)22-10-18(32-28-22)11-31-16(2)23(30,12-29-14-26-13-27-29)20-8-7-17(24)9-21(20)25/h3-10,13-14,16,30H,11-12H2,1-2H3/t16-,23?/m1/s1. The van der Waals surface area contributed by atoms with E-state index in [4.69, 9.17) is 9.26 Å². The molecule has 9 heteroatoms. The van der Waals surface area contributed by atoms with E-state index in [-0.39, 0.29) is 18.7 Å². The lowest BCUT2D eigenvalue weighted by Crippen LogP contribution is -2.44. The monoisotopic (exact) mass is 440 g/mol. The molecule has 1 unspecified atom stereocenters. The first-order valence-corrected chi connectivity index (χ1v) is 10.0. The molecule has 0 spiro atoms. The molecule has 32 heavy (non-hydrogen) atoms. The van der Waals surface area contributed by atoms with Gasteiger partial charge in [-0.25, -0.2) is 18.4 Å². The minimum atomic E-state index is -1.86. The second-order valence-corrected chi connectivity index (χ2v) is 7.59. The van der Waals surface area contributed by atoms with E-state index >= 15 is 0 Å². The first-order valence-electron chi connectivity index (χ1n) is 10.0. The molecule has 0 saturated carbocycles. The van der Waals surface area contributed by atoms with Crippen molar-refractivity contribution in [2.75, 3.05) is 0 Å². The predicted molar refractivity (Wildman–Crippen MR) is 111 cm³/mol. The van der Waals surface area contributed by atoms with Crippen molar-refractivity contribution in [2.45, 2.75) is 38.7 Å². The minimum absolute atomic E-state index is 0.0114. The summed E-state index contributed by atoms with van der Waals surface area (Å²) in [5.41, 5.74) is 0.684. The topological polar surface area (TPSA) is 86.2 Å². The highest BCUT2D eigenvalue weighted by molar-refractivity contribution is 5.62. The number of benzene rings is 2. The lowest BCUT2D eigenvalue weighted by Gasteiger charge is -2.34. The Hall–Kier alpha value is -3.43. The molecule has 2 aromatic carbocycles. The van der Waals surface area contributed by atoms with Crippen LogP contribution >= 0.6 is 0 Å². The zero-order valence-corrected chi connectivity index (χ0v) is 17.6.